The zero-order valence-corrected chi connectivity index (χ0v) is 22.0. The van der Waals surface area contributed by atoms with Crippen LogP contribution in [-0.4, -0.2) is 24.3 Å². The van der Waals surface area contributed by atoms with Gasteiger partial charge in [-0.3, -0.25) is 4.79 Å². The first-order valence-electron chi connectivity index (χ1n) is 9.84. The van der Waals surface area contributed by atoms with Crippen molar-refractivity contribution in [2.45, 2.75) is 40.5 Å². The molecule has 0 saturated carbocycles. The monoisotopic (exact) mass is 446 g/mol. The SMILES string of the molecule is C=C(C)c1ccc(CC)cc1.CC(C)(C[O-])CC(=O)c1ccc2c(c1)C(=O)OC2=O.[K+]. The molecule has 0 saturated heterocycles. The summed E-state index contributed by atoms with van der Waals surface area (Å²) in [6.07, 6.45) is 1.20. The number of hydrogen-bond donors (Lipinski definition) is 0. The van der Waals surface area contributed by atoms with Crippen molar-refractivity contribution in [3.8, 4) is 0 Å². The number of hydrogen-bond acceptors (Lipinski definition) is 5. The molecule has 0 N–H and O–H groups in total. The minimum absolute atomic E-state index is 0. The zero-order valence-electron chi connectivity index (χ0n) is 18.9. The number of esters is 2. The van der Waals surface area contributed by atoms with Crippen molar-refractivity contribution in [2.24, 2.45) is 5.41 Å². The van der Waals surface area contributed by atoms with Gasteiger partial charge in [-0.15, -0.1) is 6.61 Å². The summed E-state index contributed by atoms with van der Waals surface area (Å²) in [6, 6.07) is 12.8. The second kappa shape index (κ2) is 12.0. The molecule has 2 aromatic rings. The fourth-order valence-corrected chi connectivity index (χ4v) is 2.87. The van der Waals surface area contributed by atoms with Gasteiger partial charge in [-0.25, -0.2) is 9.59 Å². The Morgan fingerprint density at radius 1 is 1.00 bits per heavy atom. The van der Waals surface area contributed by atoms with Crippen molar-refractivity contribution < 1.29 is 75.6 Å². The smallest absolute Gasteiger partial charge is 0.854 e. The van der Waals surface area contributed by atoms with Crippen LogP contribution in [0.2, 0.25) is 0 Å². The molecule has 1 aliphatic heterocycles. The Hall–Kier alpha value is -1.41. The van der Waals surface area contributed by atoms with Gasteiger partial charge in [0.1, 0.15) is 0 Å². The molecule has 0 amide bonds. The van der Waals surface area contributed by atoms with Crippen molar-refractivity contribution in [1.29, 1.82) is 0 Å². The Kier molecular flexibility index (Phi) is 10.7. The molecule has 5 nitrogen and oxygen atoms in total. The summed E-state index contributed by atoms with van der Waals surface area (Å²) in [7, 11) is 0. The van der Waals surface area contributed by atoms with Crippen molar-refractivity contribution in [3.05, 3.63) is 76.9 Å². The predicted octanol–water partition coefficient (Wildman–Crippen LogP) is 1.24. The Morgan fingerprint density at radius 2 is 1.55 bits per heavy atom. The number of allylic oxidation sites excluding steroid dienone is 1. The molecule has 0 unspecified atom stereocenters. The average Bonchev–Trinajstić information content (AvgIpc) is 3.01. The summed E-state index contributed by atoms with van der Waals surface area (Å²) < 4.78 is 4.45. The predicted molar refractivity (Wildman–Crippen MR) is 114 cm³/mol. The standard InChI is InChI=1S/C14H13O5.C11H14.K/c1-14(2,7-15)6-11(16)8-3-4-9-10(5-8)13(18)19-12(9)17;1-4-10-5-7-11(8-6-10)9(2)3;/h3-5H,6-7H2,1-2H3;5-8H,2,4H2,1,3H3;/q-1;;+1. The fraction of sp³-hybridized carbons (Fsp3) is 0.320. The number of ketones is 1. The van der Waals surface area contributed by atoms with Gasteiger partial charge in [0.25, 0.3) is 0 Å². The Bertz CT molecular complexity index is 974. The summed E-state index contributed by atoms with van der Waals surface area (Å²) in [5.74, 6) is -1.66. The van der Waals surface area contributed by atoms with Crippen molar-refractivity contribution >= 4 is 23.3 Å². The Balaban J connectivity index is 0.000000344. The number of carbonyl (C=O) groups excluding carboxylic acids is 3. The van der Waals surface area contributed by atoms with Crippen LogP contribution in [0.15, 0.2) is 49.0 Å². The van der Waals surface area contributed by atoms with E-state index in [9.17, 15) is 19.5 Å². The Morgan fingerprint density at radius 3 is 2.06 bits per heavy atom. The topological polar surface area (TPSA) is 83.5 Å². The van der Waals surface area contributed by atoms with E-state index >= 15 is 0 Å². The van der Waals surface area contributed by atoms with Gasteiger partial charge in [0.15, 0.2) is 5.78 Å². The van der Waals surface area contributed by atoms with Crippen LogP contribution in [0.3, 0.4) is 0 Å². The molecule has 1 aliphatic rings. The molecular formula is C25H27KO5. The van der Waals surface area contributed by atoms with E-state index in [1.165, 1.54) is 29.3 Å². The van der Waals surface area contributed by atoms with Crippen LogP contribution in [0.25, 0.3) is 5.57 Å². The molecule has 31 heavy (non-hydrogen) atoms. The van der Waals surface area contributed by atoms with Gasteiger partial charge in [0, 0.05) is 12.0 Å². The number of benzene rings is 2. The normalized spacial score (nSPS) is 12.2. The number of rotatable bonds is 6. The second-order valence-corrected chi connectivity index (χ2v) is 8.18. The molecule has 0 spiro atoms. The average molecular weight is 447 g/mol. The minimum Gasteiger partial charge on any atom is -0.854 e. The molecule has 0 radical (unpaired) electrons. The van der Waals surface area contributed by atoms with E-state index in [0.29, 0.717) is 5.56 Å². The molecule has 1 heterocycles. The largest absolute Gasteiger partial charge is 1.00 e. The Labute approximate surface area is 226 Å². The third kappa shape index (κ3) is 7.59. The minimum atomic E-state index is -0.738. The first-order valence-corrected chi connectivity index (χ1v) is 9.84. The number of Topliss-reactive ketones (excluding diaryl/α,β-unsaturated/α-hetero) is 1. The van der Waals surface area contributed by atoms with Gasteiger partial charge in [-0.1, -0.05) is 63.3 Å². The van der Waals surface area contributed by atoms with E-state index < -0.39 is 17.4 Å². The van der Waals surface area contributed by atoms with Crippen LogP contribution in [0, 0.1) is 5.41 Å². The van der Waals surface area contributed by atoms with E-state index in [-0.39, 0.29) is 81.3 Å². The fourth-order valence-electron chi connectivity index (χ4n) is 2.87. The number of carbonyl (C=O) groups is 3. The molecule has 0 bridgehead atoms. The van der Waals surface area contributed by atoms with Crippen LogP contribution in [0.5, 0.6) is 0 Å². The quantitative estimate of drug-likeness (QED) is 0.289. The van der Waals surface area contributed by atoms with Gasteiger partial charge in [-0.2, -0.15) is 0 Å². The van der Waals surface area contributed by atoms with Gasteiger partial charge < -0.3 is 9.84 Å². The molecule has 0 fully saturated rings. The number of ether oxygens (including phenoxy) is 1. The van der Waals surface area contributed by atoms with Crippen molar-refractivity contribution in [2.75, 3.05) is 6.61 Å². The molecule has 0 atom stereocenters. The number of fused-ring (bicyclic) bond motifs is 1. The van der Waals surface area contributed by atoms with Crippen LogP contribution < -0.4 is 56.5 Å². The first kappa shape index (κ1) is 27.6. The maximum absolute atomic E-state index is 12.0. The maximum Gasteiger partial charge on any atom is 1.00 e. The molecule has 3 rings (SSSR count). The summed E-state index contributed by atoms with van der Waals surface area (Å²) in [5.41, 5.74) is 3.71. The number of cyclic esters (lactones) is 2. The third-order valence-corrected chi connectivity index (χ3v) is 4.85. The van der Waals surface area contributed by atoms with Crippen molar-refractivity contribution in [1.82, 2.24) is 0 Å². The van der Waals surface area contributed by atoms with Gasteiger partial charge in [0.2, 0.25) is 0 Å². The maximum atomic E-state index is 12.0. The molecule has 0 aliphatic carbocycles. The van der Waals surface area contributed by atoms with Crippen LogP contribution >= 0.6 is 0 Å². The number of aryl methyl sites for hydroxylation is 1. The summed E-state index contributed by atoms with van der Waals surface area (Å²) in [5, 5.41) is 10.9. The molecular weight excluding hydrogens is 419 g/mol. The van der Waals surface area contributed by atoms with E-state index in [1.807, 2.05) is 6.92 Å². The van der Waals surface area contributed by atoms with E-state index in [1.54, 1.807) is 13.8 Å². The molecule has 158 valence electrons. The molecule has 6 heteroatoms. The van der Waals surface area contributed by atoms with E-state index in [4.69, 9.17) is 0 Å². The second-order valence-electron chi connectivity index (χ2n) is 8.18. The van der Waals surface area contributed by atoms with E-state index in [0.717, 1.165) is 12.0 Å². The van der Waals surface area contributed by atoms with E-state index in [2.05, 4.69) is 42.5 Å². The summed E-state index contributed by atoms with van der Waals surface area (Å²) in [6.45, 7) is 11.1. The summed E-state index contributed by atoms with van der Waals surface area (Å²) in [4.78, 5) is 34.7. The van der Waals surface area contributed by atoms with Gasteiger partial charge in [-0.05, 0) is 42.0 Å². The van der Waals surface area contributed by atoms with Gasteiger partial charge in [0.05, 0.1) is 11.1 Å². The van der Waals surface area contributed by atoms with Crippen LogP contribution in [0.1, 0.15) is 76.3 Å². The first-order chi connectivity index (χ1) is 14.1. The van der Waals surface area contributed by atoms with Gasteiger partial charge >= 0.3 is 63.3 Å². The zero-order chi connectivity index (χ0) is 22.5. The summed E-state index contributed by atoms with van der Waals surface area (Å²) >= 11 is 0. The van der Waals surface area contributed by atoms with Crippen LogP contribution in [-0.2, 0) is 11.2 Å². The molecule has 0 aromatic heterocycles. The van der Waals surface area contributed by atoms with Crippen LogP contribution in [0.4, 0.5) is 0 Å². The van der Waals surface area contributed by atoms with Crippen molar-refractivity contribution in [3.63, 3.8) is 0 Å². The third-order valence-electron chi connectivity index (χ3n) is 4.85. The molecule has 2 aromatic carbocycles.